The van der Waals surface area contributed by atoms with Crippen LogP contribution in [0.5, 0.6) is 0 Å². The fraction of sp³-hybridized carbons (Fsp3) is 0.304. The summed E-state index contributed by atoms with van der Waals surface area (Å²) < 4.78 is 0. The largest absolute Gasteiger partial charge is 0.310 e. The minimum Gasteiger partial charge on any atom is -0.310 e. The number of benzene rings is 1. The van der Waals surface area contributed by atoms with Gasteiger partial charge >= 0.3 is 0 Å². The quantitative estimate of drug-likeness (QED) is 0.753. The Balaban J connectivity index is 1.77. The number of carbonyl (C=O) groups is 2. The Kier molecular flexibility index (Phi) is 5.62. The number of Topliss-reactive ketones (excluding diaryl/α,β-unsaturated/α-hetero) is 1. The minimum atomic E-state index is -0.544. The van der Waals surface area contributed by atoms with Gasteiger partial charge in [-0.3, -0.25) is 14.6 Å². The maximum absolute atomic E-state index is 13.3. The second-order valence-electron chi connectivity index (χ2n) is 7.32. The maximum atomic E-state index is 13.3. The van der Waals surface area contributed by atoms with Crippen LogP contribution < -0.4 is 5.32 Å². The molecule has 0 fully saturated rings. The number of aliphatic imine (C=N–C) groups is 1. The van der Waals surface area contributed by atoms with Crippen molar-refractivity contribution in [2.75, 3.05) is 11.6 Å². The molecule has 1 N–H and O–H groups in total. The summed E-state index contributed by atoms with van der Waals surface area (Å²) in [6, 6.07) is 13.5. The Hall–Kier alpha value is -2.73. The molecule has 1 aliphatic carbocycles. The molecule has 0 spiro atoms. The second kappa shape index (κ2) is 8.33. The Morgan fingerprint density at radius 1 is 1.14 bits per heavy atom. The van der Waals surface area contributed by atoms with Crippen LogP contribution in [0.4, 0.5) is 5.82 Å². The fourth-order valence-corrected chi connectivity index (χ4v) is 4.57. The van der Waals surface area contributed by atoms with E-state index in [-0.39, 0.29) is 17.6 Å². The molecule has 1 aromatic carbocycles. The maximum Gasteiger partial charge on any atom is 0.235 e. The van der Waals surface area contributed by atoms with Gasteiger partial charge in [-0.25, -0.2) is 4.98 Å². The molecular formula is C23H23N3O2S. The molecular weight excluding hydrogens is 382 g/mol. The van der Waals surface area contributed by atoms with Gasteiger partial charge in [0.15, 0.2) is 5.78 Å². The van der Waals surface area contributed by atoms with Crippen molar-refractivity contribution in [1.82, 2.24) is 4.98 Å². The lowest BCUT2D eigenvalue weighted by molar-refractivity contribution is -0.119. The lowest BCUT2D eigenvalue weighted by atomic mass is 9.71. The van der Waals surface area contributed by atoms with Crippen LogP contribution in [0.1, 0.15) is 37.7 Å². The lowest BCUT2D eigenvalue weighted by Crippen LogP contribution is -2.39. The Morgan fingerprint density at radius 2 is 1.93 bits per heavy atom. The zero-order chi connectivity index (χ0) is 20.4. The number of hydrogen-bond donors (Lipinski definition) is 1. The van der Waals surface area contributed by atoms with Gasteiger partial charge in [0.2, 0.25) is 5.91 Å². The predicted octanol–water partition coefficient (Wildman–Crippen LogP) is 4.62. The number of amides is 1. The summed E-state index contributed by atoms with van der Waals surface area (Å²) in [5.74, 6) is -0.449. The molecule has 4 rings (SSSR count). The van der Waals surface area contributed by atoms with Crippen molar-refractivity contribution in [3.8, 4) is 0 Å². The van der Waals surface area contributed by atoms with E-state index in [0.29, 0.717) is 17.8 Å². The SMILES string of the molecule is CSc1ccc(C2C3=C(CCCC3=O)N=C(C)C2C(=O)Nc2ccccn2)cc1. The van der Waals surface area contributed by atoms with Gasteiger partial charge in [-0.2, -0.15) is 0 Å². The van der Waals surface area contributed by atoms with Gasteiger partial charge in [0.05, 0.1) is 5.92 Å². The molecule has 2 aromatic rings. The number of anilines is 1. The molecule has 2 aliphatic rings. The number of thioether (sulfide) groups is 1. The number of aromatic nitrogens is 1. The highest BCUT2D eigenvalue weighted by Crippen LogP contribution is 2.43. The van der Waals surface area contributed by atoms with Crippen molar-refractivity contribution < 1.29 is 9.59 Å². The van der Waals surface area contributed by atoms with Crippen molar-refractivity contribution >= 4 is 35.0 Å². The summed E-state index contributed by atoms with van der Waals surface area (Å²) in [5, 5.41) is 2.91. The molecule has 1 aromatic heterocycles. The van der Waals surface area contributed by atoms with Crippen LogP contribution in [0.3, 0.4) is 0 Å². The third kappa shape index (κ3) is 3.90. The van der Waals surface area contributed by atoms with E-state index in [1.165, 1.54) is 0 Å². The van der Waals surface area contributed by atoms with E-state index in [1.54, 1.807) is 30.1 Å². The normalized spacial score (nSPS) is 21.4. The summed E-state index contributed by atoms with van der Waals surface area (Å²) in [4.78, 5) is 36.2. The van der Waals surface area contributed by atoms with E-state index in [2.05, 4.69) is 10.3 Å². The van der Waals surface area contributed by atoms with Crippen molar-refractivity contribution in [2.24, 2.45) is 10.9 Å². The molecule has 0 saturated carbocycles. The molecule has 6 heteroatoms. The molecule has 2 unspecified atom stereocenters. The Morgan fingerprint density at radius 3 is 2.62 bits per heavy atom. The summed E-state index contributed by atoms with van der Waals surface area (Å²) in [7, 11) is 0. The van der Waals surface area contributed by atoms with Crippen LogP contribution >= 0.6 is 11.8 Å². The van der Waals surface area contributed by atoms with E-state index in [0.717, 1.165) is 34.7 Å². The van der Waals surface area contributed by atoms with Gasteiger partial charge < -0.3 is 5.32 Å². The van der Waals surface area contributed by atoms with Gasteiger partial charge in [0, 0.05) is 40.4 Å². The molecule has 0 radical (unpaired) electrons. The number of nitrogens with one attached hydrogen (secondary N) is 1. The van der Waals surface area contributed by atoms with Crippen molar-refractivity contribution in [3.63, 3.8) is 0 Å². The second-order valence-corrected chi connectivity index (χ2v) is 8.20. The highest BCUT2D eigenvalue weighted by molar-refractivity contribution is 7.98. The monoisotopic (exact) mass is 405 g/mol. The summed E-state index contributed by atoms with van der Waals surface area (Å²) in [6.45, 7) is 1.88. The van der Waals surface area contributed by atoms with Gasteiger partial charge in [-0.05, 0) is 55.9 Å². The first-order valence-corrected chi connectivity index (χ1v) is 11.0. The van der Waals surface area contributed by atoms with Gasteiger partial charge in [-0.15, -0.1) is 11.8 Å². The molecule has 2 heterocycles. The first-order chi connectivity index (χ1) is 14.1. The number of hydrogen-bond acceptors (Lipinski definition) is 5. The van der Waals surface area contributed by atoms with Gasteiger partial charge in [0.25, 0.3) is 0 Å². The van der Waals surface area contributed by atoms with E-state index >= 15 is 0 Å². The number of rotatable bonds is 4. The van der Waals surface area contributed by atoms with Crippen LogP contribution in [0.2, 0.25) is 0 Å². The van der Waals surface area contributed by atoms with E-state index < -0.39 is 5.92 Å². The number of carbonyl (C=O) groups excluding carboxylic acids is 2. The minimum absolute atomic E-state index is 0.108. The highest BCUT2D eigenvalue weighted by Gasteiger charge is 2.42. The molecule has 0 saturated heterocycles. The first-order valence-electron chi connectivity index (χ1n) is 9.75. The first kappa shape index (κ1) is 19.6. The summed E-state index contributed by atoms with van der Waals surface area (Å²) >= 11 is 1.67. The predicted molar refractivity (Wildman–Crippen MR) is 116 cm³/mol. The van der Waals surface area contributed by atoms with Crippen LogP contribution in [0.25, 0.3) is 0 Å². The third-order valence-electron chi connectivity index (χ3n) is 5.51. The number of nitrogens with zero attached hydrogens (tertiary/aromatic N) is 2. The Labute approximate surface area is 174 Å². The number of pyridine rings is 1. The third-order valence-corrected chi connectivity index (χ3v) is 6.25. The van der Waals surface area contributed by atoms with E-state index in [4.69, 9.17) is 4.99 Å². The number of allylic oxidation sites excluding steroid dienone is 2. The molecule has 1 amide bonds. The van der Waals surface area contributed by atoms with Crippen molar-refractivity contribution in [3.05, 3.63) is 65.5 Å². The van der Waals surface area contributed by atoms with Crippen LogP contribution in [0, 0.1) is 5.92 Å². The van der Waals surface area contributed by atoms with Crippen molar-refractivity contribution in [1.29, 1.82) is 0 Å². The molecule has 29 heavy (non-hydrogen) atoms. The molecule has 2 atom stereocenters. The number of ketones is 1. The topological polar surface area (TPSA) is 71.4 Å². The standard InChI is InChI=1S/C23H23N3O2S/c1-14-20(23(28)26-19-8-3-4-13-24-19)21(15-9-11-16(29-2)12-10-15)22-17(25-14)6-5-7-18(22)27/h3-4,8-13,20-21H,5-7H2,1-2H3,(H,24,26,28). The highest BCUT2D eigenvalue weighted by atomic mass is 32.2. The molecule has 1 aliphatic heterocycles. The molecule has 5 nitrogen and oxygen atoms in total. The Bertz CT molecular complexity index is 997. The van der Waals surface area contributed by atoms with Crippen molar-refractivity contribution in [2.45, 2.75) is 37.0 Å². The van der Waals surface area contributed by atoms with E-state index in [9.17, 15) is 9.59 Å². The van der Waals surface area contributed by atoms with Crippen LogP contribution in [-0.4, -0.2) is 28.6 Å². The molecule has 0 bridgehead atoms. The van der Waals surface area contributed by atoms with Crippen LogP contribution in [0.15, 0.2) is 69.8 Å². The zero-order valence-electron chi connectivity index (χ0n) is 16.5. The average Bonchev–Trinajstić information content (AvgIpc) is 2.73. The molecule has 148 valence electrons. The smallest absolute Gasteiger partial charge is 0.235 e. The lowest BCUT2D eigenvalue weighted by Gasteiger charge is -2.35. The van der Waals surface area contributed by atoms with Gasteiger partial charge in [-0.1, -0.05) is 18.2 Å². The summed E-state index contributed by atoms with van der Waals surface area (Å²) in [5.41, 5.74) is 3.27. The van der Waals surface area contributed by atoms with E-state index in [1.807, 2.05) is 43.5 Å². The van der Waals surface area contributed by atoms with Gasteiger partial charge in [0.1, 0.15) is 5.82 Å². The fourth-order valence-electron chi connectivity index (χ4n) is 4.16. The zero-order valence-corrected chi connectivity index (χ0v) is 17.3. The van der Waals surface area contributed by atoms with Crippen LogP contribution in [-0.2, 0) is 9.59 Å². The average molecular weight is 406 g/mol. The summed E-state index contributed by atoms with van der Waals surface area (Å²) in [6.07, 6.45) is 5.79.